The first-order chi connectivity index (χ1) is 10.3. The maximum atomic E-state index is 12.0. The molecule has 4 nitrogen and oxygen atoms in total. The van der Waals surface area contributed by atoms with Crippen molar-refractivity contribution >= 4 is 5.91 Å². The Morgan fingerprint density at radius 1 is 1.10 bits per heavy atom. The number of rotatable bonds is 7. The number of benzene rings is 2. The van der Waals surface area contributed by atoms with Gasteiger partial charge in [-0.05, 0) is 29.8 Å². The molecule has 0 aliphatic heterocycles. The highest BCUT2D eigenvalue weighted by atomic mass is 16.5. The minimum Gasteiger partial charge on any atom is -0.492 e. The van der Waals surface area contributed by atoms with E-state index < -0.39 is 0 Å². The summed E-state index contributed by atoms with van der Waals surface area (Å²) in [5, 5.41) is 2.83. The molecule has 4 heteroatoms. The van der Waals surface area contributed by atoms with E-state index in [2.05, 4.69) is 5.32 Å². The summed E-state index contributed by atoms with van der Waals surface area (Å²) >= 11 is 0. The van der Waals surface area contributed by atoms with Crippen LogP contribution in [0.5, 0.6) is 5.75 Å². The topological polar surface area (TPSA) is 47.6 Å². The van der Waals surface area contributed by atoms with Crippen molar-refractivity contribution in [3.63, 3.8) is 0 Å². The van der Waals surface area contributed by atoms with Gasteiger partial charge in [0.15, 0.2) is 0 Å². The average molecular weight is 285 g/mol. The molecule has 0 aromatic heterocycles. The molecular weight excluding hydrogens is 266 g/mol. The number of methoxy groups -OCH3 is 1. The Morgan fingerprint density at radius 2 is 1.90 bits per heavy atom. The van der Waals surface area contributed by atoms with Gasteiger partial charge in [0.2, 0.25) is 0 Å². The highest BCUT2D eigenvalue weighted by molar-refractivity contribution is 5.94. The fourth-order valence-corrected chi connectivity index (χ4v) is 1.92. The third-order valence-electron chi connectivity index (χ3n) is 2.90. The standard InChI is InChI=1S/C17H19NO3/c1-20-13-14-6-5-7-15(12-14)17(19)18-10-11-21-16-8-3-2-4-9-16/h2-9,12H,10-11,13H2,1H3,(H,18,19). The quantitative estimate of drug-likeness (QED) is 0.796. The first-order valence-corrected chi connectivity index (χ1v) is 6.83. The Hall–Kier alpha value is -2.33. The van der Waals surface area contributed by atoms with Gasteiger partial charge in [0, 0.05) is 12.7 Å². The van der Waals surface area contributed by atoms with Gasteiger partial charge < -0.3 is 14.8 Å². The minimum atomic E-state index is -0.107. The molecule has 2 aromatic carbocycles. The van der Waals surface area contributed by atoms with Gasteiger partial charge in [0.05, 0.1) is 13.2 Å². The summed E-state index contributed by atoms with van der Waals surface area (Å²) in [4.78, 5) is 12.0. The number of para-hydroxylation sites is 1. The molecule has 1 N–H and O–H groups in total. The molecule has 1 amide bonds. The summed E-state index contributed by atoms with van der Waals surface area (Å²) in [5.41, 5.74) is 1.61. The van der Waals surface area contributed by atoms with Gasteiger partial charge in [0.25, 0.3) is 5.91 Å². The van der Waals surface area contributed by atoms with E-state index in [1.807, 2.05) is 48.5 Å². The zero-order valence-electron chi connectivity index (χ0n) is 12.0. The summed E-state index contributed by atoms with van der Waals surface area (Å²) in [6.45, 7) is 1.40. The van der Waals surface area contributed by atoms with E-state index in [0.717, 1.165) is 11.3 Å². The molecule has 0 saturated carbocycles. The number of carbonyl (C=O) groups is 1. The molecule has 0 aliphatic rings. The lowest BCUT2D eigenvalue weighted by Gasteiger charge is -2.08. The largest absolute Gasteiger partial charge is 0.492 e. The highest BCUT2D eigenvalue weighted by Crippen LogP contribution is 2.08. The predicted octanol–water partition coefficient (Wildman–Crippen LogP) is 2.64. The van der Waals surface area contributed by atoms with Gasteiger partial charge in [-0.3, -0.25) is 4.79 Å². The van der Waals surface area contributed by atoms with E-state index >= 15 is 0 Å². The van der Waals surface area contributed by atoms with Crippen molar-refractivity contribution in [3.05, 3.63) is 65.7 Å². The van der Waals surface area contributed by atoms with Crippen molar-refractivity contribution in [3.8, 4) is 5.75 Å². The fraction of sp³-hybridized carbons (Fsp3) is 0.235. The van der Waals surface area contributed by atoms with Gasteiger partial charge in [-0.25, -0.2) is 0 Å². The monoisotopic (exact) mass is 285 g/mol. The second kappa shape index (κ2) is 8.07. The summed E-state index contributed by atoms with van der Waals surface area (Å²) < 4.78 is 10.6. The maximum absolute atomic E-state index is 12.0. The number of amides is 1. The summed E-state index contributed by atoms with van der Waals surface area (Å²) in [6, 6.07) is 16.9. The molecule has 2 rings (SSSR count). The molecule has 0 bridgehead atoms. The van der Waals surface area contributed by atoms with Crippen LogP contribution in [-0.4, -0.2) is 26.2 Å². The SMILES string of the molecule is COCc1cccc(C(=O)NCCOc2ccccc2)c1. The molecule has 0 spiro atoms. The molecule has 0 unspecified atom stereocenters. The lowest BCUT2D eigenvalue weighted by Crippen LogP contribution is -2.28. The van der Waals surface area contributed by atoms with E-state index in [1.165, 1.54) is 0 Å². The van der Waals surface area contributed by atoms with Crippen LogP contribution in [-0.2, 0) is 11.3 Å². The smallest absolute Gasteiger partial charge is 0.251 e. The summed E-state index contributed by atoms with van der Waals surface area (Å²) in [7, 11) is 1.63. The van der Waals surface area contributed by atoms with Crippen molar-refractivity contribution in [2.45, 2.75) is 6.61 Å². The Balaban J connectivity index is 1.78. The van der Waals surface area contributed by atoms with Crippen LogP contribution in [0.1, 0.15) is 15.9 Å². The van der Waals surface area contributed by atoms with Crippen LogP contribution in [0.3, 0.4) is 0 Å². The zero-order valence-corrected chi connectivity index (χ0v) is 12.0. The normalized spacial score (nSPS) is 10.1. The predicted molar refractivity (Wildman–Crippen MR) is 81.4 cm³/mol. The van der Waals surface area contributed by atoms with Crippen molar-refractivity contribution in [1.29, 1.82) is 0 Å². The lowest BCUT2D eigenvalue weighted by atomic mass is 10.1. The van der Waals surface area contributed by atoms with Crippen LogP contribution in [0.2, 0.25) is 0 Å². The van der Waals surface area contributed by atoms with Crippen molar-refractivity contribution in [2.75, 3.05) is 20.3 Å². The fourth-order valence-electron chi connectivity index (χ4n) is 1.92. The van der Waals surface area contributed by atoms with Crippen molar-refractivity contribution < 1.29 is 14.3 Å². The molecule has 0 aliphatic carbocycles. The number of hydrogen-bond acceptors (Lipinski definition) is 3. The molecule has 0 heterocycles. The first kappa shape index (κ1) is 15.1. The maximum Gasteiger partial charge on any atom is 0.251 e. The molecule has 110 valence electrons. The van der Waals surface area contributed by atoms with Crippen molar-refractivity contribution in [1.82, 2.24) is 5.32 Å². The lowest BCUT2D eigenvalue weighted by molar-refractivity contribution is 0.0946. The van der Waals surface area contributed by atoms with Crippen LogP contribution >= 0.6 is 0 Å². The van der Waals surface area contributed by atoms with Gasteiger partial charge in [-0.15, -0.1) is 0 Å². The van der Waals surface area contributed by atoms with Crippen molar-refractivity contribution in [2.24, 2.45) is 0 Å². The molecule has 21 heavy (non-hydrogen) atoms. The Bertz CT molecular complexity index is 569. The third-order valence-corrected chi connectivity index (χ3v) is 2.90. The number of carbonyl (C=O) groups excluding carboxylic acids is 1. The summed E-state index contributed by atoms with van der Waals surface area (Å²) in [5.74, 6) is 0.693. The number of ether oxygens (including phenoxy) is 2. The van der Waals surface area contributed by atoms with E-state index in [0.29, 0.717) is 25.3 Å². The highest BCUT2D eigenvalue weighted by Gasteiger charge is 2.05. The molecule has 0 saturated heterocycles. The second-order valence-corrected chi connectivity index (χ2v) is 4.55. The first-order valence-electron chi connectivity index (χ1n) is 6.83. The van der Waals surface area contributed by atoms with Crippen LogP contribution < -0.4 is 10.1 Å². The number of hydrogen-bond donors (Lipinski definition) is 1. The van der Waals surface area contributed by atoms with Gasteiger partial charge in [-0.2, -0.15) is 0 Å². The van der Waals surface area contributed by atoms with Crippen LogP contribution in [0.4, 0.5) is 0 Å². The van der Waals surface area contributed by atoms with Gasteiger partial charge in [0.1, 0.15) is 12.4 Å². The Kier molecular flexibility index (Phi) is 5.79. The average Bonchev–Trinajstić information content (AvgIpc) is 2.53. The molecular formula is C17H19NO3. The number of nitrogens with one attached hydrogen (secondary N) is 1. The second-order valence-electron chi connectivity index (χ2n) is 4.55. The summed E-state index contributed by atoms with van der Waals surface area (Å²) in [6.07, 6.45) is 0. The van der Waals surface area contributed by atoms with Gasteiger partial charge in [-0.1, -0.05) is 30.3 Å². The Morgan fingerprint density at radius 3 is 2.67 bits per heavy atom. The third kappa shape index (κ3) is 4.93. The van der Waals surface area contributed by atoms with E-state index in [4.69, 9.17) is 9.47 Å². The Labute approximate surface area is 124 Å². The molecule has 0 atom stereocenters. The van der Waals surface area contributed by atoms with Gasteiger partial charge >= 0.3 is 0 Å². The van der Waals surface area contributed by atoms with E-state index in [9.17, 15) is 4.79 Å². The molecule has 0 radical (unpaired) electrons. The van der Waals surface area contributed by atoms with Crippen LogP contribution in [0.25, 0.3) is 0 Å². The molecule has 0 fully saturated rings. The van der Waals surface area contributed by atoms with E-state index in [-0.39, 0.29) is 5.91 Å². The minimum absolute atomic E-state index is 0.107. The van der Waals surface area contributed by atoms with E-state index in [1.54, 1.807) is 13.2 Å². The zero-order chi connectivity index (χ0) is 14.9. The van der Waals surface area contributed by atoms with Crippen LogP contribution in [0.15, 0.2) is 54.6 Å². The molecule has 2 aromatic rings. The van der Waals surface area contributed by atoms with Crippen LogP contribution in [0, 0.1) is 0 Å².